The van der Waals surface area contributed by atoms with E-state index in [1.807, 2.05) is 55.7 Å². The number of thiophene rings is 1. The monoisotopic (exact) mass is 406 g/mol. The van der Waals surface area contributed by atoms with E-state index in [9.17, 15) is 9.59 Å². The highest BCUT2D eigenvalue weighted by Gasteiger charge is 2.38. The van der Waals surface area contributed by atoms with E-state index in [4.69, 9.17) is 0 Å². The first-order valence-electron chi connectivity index (χ1n) is 7.84. The minimum atomic E-state index is -0.294. The van der Waals surface area contributed by atoms with Crippen LogP contribution in [0.1, 0.15) is 24.3 Å². The van der Waals surface area contributed by atoms with Crippen LogP contribution >= 0.6 is 27.3 Å². The molecule has 3 rings (SSSR count). The second-order valence-corrected chi connectivity index (χ2v) is 7.83. The van der Waals surface area contributed by atoms with Crippen molar-refractivity contribution in [1.29, 1.82) is 0 Å². The largest absolute Gasteiger partial charge is 0.338 e. The maximum absolute atomic E-state index is 12.8. The Labute approximate surface area is 154 Å². The Morgan fingerprint density at radius 2 is 2.08 bits per heavy atom. The number of amides is 2. The molecule has 1 saturated heterocycles. The molecule has 1 fully saturated rings. The number of halogens is 1. The topological polar surface area (TPSA) is 40.6 Å². The first-order valence-corrected chi connectivity index (χ1v) is 9.51. The van der Waals surface area contributed by atoms with Crippen LogP contribution in [0.2, 0.25) is 0 Å². The SMILES string of the molecule is CC(c1cccs1)N(C)C(=O)C1CC(=O)N(c2ccccc2Br)C1. The van der Waals surface area contributed by atoms with Gasteiger partial charge in [0.15, 0.2) is 0 Å². The number of para-hydroxylation sites is 1. The summed E-state index contributed by atoms with van der Waals surface area (Å²) in [6, 6.07) is 11.6. The van der Waals surface area contributed by atoms with Gasteiger partial charge in [-0.2, -0.15) is 0 Å². The average Bonchev–Trinajstić information content (AvgIpc) is 3.23. The lowest BCUT2D eigenvalue weighted by Gasteiger charge is -2.27. The number of carbonyl (C=O) groups is 2. The van der Waals surface area contributed by atoms with Crippen molar-refractivity contribution in [2.45, 2.75) is 19.4 Å². The molecule has 24 heavy (non-hydrogen) atoms. The maximum Gasteiger partial charge on any atom is 0.228 e. The Balaban J connectivity index is 1.73. The van der Waals surface area contributed by atoms with E-state index < -0.39 is 0 Å². The van der Waals surface area contributed by atoms with Gasteiger partial charge in [0, 0.05) is 29.4 Å². The normalized spacial score (nSPS) is 18.7. The fourth-order valence-corrected chi connectivity index (χ4v) is 4.30. The van der Waals surface area contributed by atoms with Gasteiger partial charge >= 0.3 is 0 Å². The molecule has 1 aliphatic rings. The summed E-state index contributed by atoms with van der Waals surface area (Å²) < 4.78 is 0.867. The van der Waals surface area contributed by atoms with Crippen LogP contribution in [-0.4, -0.2) is 30.3 Å². The summed E-state index contributed by atoms with van der Waals surface area (Å²) in [7, 11) is 1.82. The molecular weight excluding hydrogens is 388 g/mol. The Morgan fingerprint density at radius 1 is 1.33 bits per heavy atom. The number of hydrogen-bond acceptors (Lipinski definition) is 3. The lowest BCUT2D eigenvalue weighted by Crippen LogP contribution is -2.36. The van der Waals surface area contributed by atoms with Crippen LogP contribution in [0.25, 0.3) is 0 Å². The fraction of sp³-hybridized carbons (Fsp3) is 0.333. The summed E-state index contributed by atoms with van der Waals surface area (Å²) in [5, 5.41) is 2.01. The summed E-state index contributed by atoms with van der Waals surface area (Å²) in [5.41, 5.74) is 0.826. The molecule has 0 aliphatic carbocycles. The second kappa shape index (κ2) is 7.07. The van der Waals surface area contributed by atoms with E-state index in [1.165, 1.54) is 0 Å². The van der Waals surface area contributed by atoms with Gasteiger partial charge in [0.1, 0.15) is 0 Å². The highest BCUT2D eigenvalue weighted by molar-refractivity contribution is 9.10. The van der Waals surface area contributed by atoms with Crippen LogP contribution in [0.3, 0.4) is 0 Å². The highest BCUT2D eigenvalue weighted by Crippen LogP contribution is 2.33. The molecule has 6 heteroatoms. The van der Waals surface area contributed by atoms with E-state index in [1.54, 1.807) is 21.1 Å². The first-order chi connectivity index (χ1) is 11.5. The van der Waals surface area contributed by atoms with Gasteiger partial charge in [-0.1, -0.05) is 18.2 Å². The molecule has 0 radical (unpaired) electrons. The van der Waals surface area contributed by atoms with Crippen molar-refractivity contribution in [3.8, 4) is 0 Å². The number of carbonyl (C=O) groups excluding carboxylic acids is 2. The summed E-state index contributed by atoms with van der Waals surface area (Å²) in [6.45, 7) is 2.45. The molecule has 1 aromatic carbocycles. The predicted molar refractivity (Wildman–Crippen MR) is 100 cm³/mol. The van der Waals surface area contributed by atoms with E-state index in [2.05, 4.69) is 15.9 Å². The van der Waals surface area contributed by atoms with Crippen molar-refractivity contribution in [3.05, 3.63) is 51.1 Å². The van der Waals surface area contributed by atoms with Crippen LogP contribution in [-0.2, 0) is 9.59 Å². The van der Waals surface area contributed by atoms with Crippen LogP contribution in [0.15, 0.2) is 46.3 Å². The van der Waals surface area contributed by atoms with Crippen molar-refractivity contribution >= 4 is 44.8 Å². The molecule has 0 N–H and O–H groups in total. The average molecular weight is 407 g/mol. The molecule has 2 atom stereocenters. The molecule has 2 amide bonds. The number of rotatable bonds is 4. The van der Waals surface area contributed by atoms with Crippen molar-refractivity contribution < 1.29 is 9.59 Å². The van der Waals surface area contributed by atoms with Crippen molar-refractivity contribution in [1.82, 2.24) is 4.90 Å². The quantitative estimate of drug-likeness (QED) is 0.766. The van der Waals surface area contributed by atoms with Crippen LogP contribution in [0.4, 0.5) is 5.69 Å². The van der Waals surface area contributed by atoms with Gasteiger partial charge < -0.3 is 9.80 Å². The Bertz CT molecular complexity index is 747. The van der Waals surface area contributed by atoms with E-state index >= 15 is 0 Å². The minimum absolute atomic E-state index is 0.00238. The zero-order valence-corrected chi connectivity index (χ0v) is 16.0. The summed E-state index contributed by atoms with van der Waals surface area (Å²) in [6.07, 6.45) is 0.266. The number of benzene rings is 1. The van der Waals surface area contributed by atoms with E-state index in [-0.39, 0.29) is 30.2 Å². The third-order valence-electron chi connectivity index (χ3n) is 4.50. The molecule has 1 aromatic heterocycles. The zero-order chi connectivity index (χ0) is 17.3. The number of nitrogens with zero attached hydrogens (tertiary/aromatic N) is 2. The smallest absolute Gasteiger partial charge is 0.228 e. The zero-order valence-electron chi connectivity index (χ0n) is 13.6. The third kappa shape index (κ3) is 3.26. The fourth-order valence-electron chi connectivity index (χ4n) is 2.98. The standard InChI is InChI=1S/C18H19BrN2O2S/c1-12(16-8-5-9-24-16)20(2)18(23)13-10-17(22)21(11-13)15-7-4-3-6-14(15)19/h3-9,12-13H,10-11H2,1-2H3. The van der Waals surface area contributed by atoms with Gasteiger partial charge in [0.05, 0.1) is 17.6 Å². The van der Waals surface area contributed by atoms with Crippen LogP contribution in [0.5, 0.6) is 0 Å². The summed E-state index contributed by atoms with van der Waals surface area (Å²) in [5.74, 6) is -0.270. The van der Waals surface area contributed by atoms with Crippen LogP contribution in [0, 0.1) is 5.92 Å². The second-order valence-electron chi connectivity index (χ2n) is 6.00. The molecule has 4 nitrogen and oxygen atoms in total. The summed E-state index contributed by atoms with van der Waals surface area (Å²) >= 11 is 5.12. The molecule has 2 heterocycles. The molecule has 0 bridgehead atoms. The molecule has 0 saturated carbocycles. The minimum Gasteiger partial charge on any atom is -0.338 e. The van der Waals surface area contributed by atoms with Crippen molar-refractivity contribution in [3.63, 3.8) is 0 Å². The van der Waals surface area contributed by atoms with Gasteiger partial charge in [-0.05, 0) is 46.4 Å². The molecular formula is C18H19BrN2O2S. The number of anilines is 1. The highest BCUT2D eigenvalue weighted by atomic mass is 79.9. The van der Waals surface area contributed by atoms with Gasteiger partial charge in [0.25, 0.3) is 0 Å². The third-order valence-corrected chi connectivity index (χ3v) is 6.21. The first kappa shape index (κ1) is 17.2. The maximum atomic E-state index is 12.8. The molecule has 2 aromatic rings. The predicted octanol–water partition coefficient (Wildman–Crippen LogP) is 4.08. The van der Waals surface area contributed by atoms with Gasteiger partial charge in [-0.15, -0.1) is 11.3 Å². The van der Waals surface area contributed by atoms with Gasteiger partial charge in [-0.3, -0.25) is 9.59 Å². The Morgan fingerprint density at radius 3 is 2.75 bits per heavy atom. The van der Waals surface area contributed by atoms with Crippen LogP contribution < -0.4 is 4.90 Å². The Kier molecular flexibility index (Phi) is 5.06. The lowest BCUT2D eigenvalue weighted by molar-refractivity contribution is -0.136. The van der Waals surface area contributed by atoms with E-state index in [0.717, 1.165) is 15.0 Å². The number of hydrogen-bond donors (Lipinski definition) is 0. The molecule has 1 aliphatic heterocycles. The molecule has 2 unspecified atom stereocenters. The van der Waals surface area contributed by atoms with Gasteiger partial charge in [0.2, 0.25) is 11.8 Å². The summed E-state index contributed by atoms with van der Waals surface area (Å²) in [4.78, 5) is 29.8. The molecule has 0 spiro atoms. The Hall–Kier alpha value is -1.66. The van der Waals surface area contributed by atoms with Crippen molar-refractivity contribution in [2.75, 3.05) is 18.5 Å². The lowest BCUT2D eigenvalue weighted by atomic mass is 10.1. The molecule has 126 valence electrons. The van der Waals surface area contributed by atoms with Gasteiger partial charge in [-0.25, -0.2) is 0 Å². The van der Waals surface area contributed by atoms with E-state index in [0.29, 0.717) is 6.54 Å². The van der Waals surface area contributed by atoms with Crippen molar-refractivity contribution in [2.24, 2.45) is 5.92 Å².